The Morgan fingerprint density at radius 2 is 2.00 bits per heavy atom. The van der Waals surface area contributed by atoms with Gasteiger partial charge in [0.1, 0.15) is 6.26 Å². The lowest BCUT2D eigenvalue weighted by atomic mass is 10.1. The number of carbonyl (C=O) groups excluding carboxylic acids is 1. The van der Waals surface area contributed by atoms with Crippen LogP contribution in [0.1, 0.15) is 21.5 Å². The molecule has 0 N–H and O–H groups in total. The summed E-state index contributed by atoms with van der Waals surface area (Å²) < 4.78 is 5.74. The van der Waals surface area contributed by atoms with Crippen LogP contribution in [0.5, 0.6) is 0 Å². The standard InChI is InChI=1S/C17H19BrN2O2/c1-13-3-2-4-14(9-13)11-19-5-7-20(8-6-19)17(21)15-10-16(18)22-12-15/h2-4,9-10,12H,5-8,11H2,1H3. The van der Waals surface area contributed by atoms with Crippen LogP contribution in [-0.4, -0.2) is 41.9 Å². The molecule has 0 aliphatic carbocycles. The van der Waals surface area contributed by atoms with E-state index >= 15 is 0 Å². The lowest BCUT2D eigenvalue weighted by Gasteiger charge is -2.34. The van der Waals surface area contributed by atoms with E-state index in [1.54, 1.807) is 6.07 Å². The van der Waals surface area contributed by atoms with Crippen LogP contribution in [0.25, 0.3) is 0 Å². The molecule has 0 unspecified atom stereocenters. The zero-order valence-corrected chi connectivity index (χ0v) is 14.2. The molecule has 0 spiro atoms. The van der Waals surface area contributed by atoms with Crippen LogP contribution in [0, 0.1) is 6.92 Å². The molecule has 1 aliphatic heterocycles. The fourth-order valence-corrected chi connectivity index (χ4v) is 3.12. The number of furan rings is 1. The van der Waals surface area contributed by atoms with Gasteiger partial charge < -0.3 is 9.32 Å². The first-order chi connectivity index (χ1) is 10.6. The maximum absolute atomic E-state index is 12.3. The van der Waals surface area contributed by atoms with Gasteiger partial charge in [0.2, 0.25) is 0 Å². The van der Waals surface area contributed by atoms with E-state index in [2.05, 4.69) is 52.0 Å². The summed E-state index contributed by atoms with van der Waals surface area (Å²) >= 11 is 3.23. The molecule has 1 aromatic heterocycles. The first-order valence-corrected chi connectivity index (χ1v) is 8.22. The van der Waals surface area contributed by atoms with E-state index in [0.29, 0.717) is 10.2 Å². The highest BCUT2D eigenvalue weighted by Crippen LogP contribution is 2.17. The Labute approximate surface area is 138 Å². The topological polar surface area (TPSA) is 36.7 Å². The third-order valence-corrected chi connectivity index (χ3v) is 4.38. The summed E-state index contributed by atoms with van der Waals surface area (Å²) in [6, 6.07) is 10.3. The molecule has 0 bridgehead atoms. The van der Waals surface area contributed by atoms with Crippen molar-refractivity contribution in [1.29, 1.82) is 0 Å². The Morgan fingerprint density at radius 1 is 1.23 bits per heavy atom. The minimum Gasteiger partial charge on any atom is -0.457 e. The SMILES string of the molecule is Cc1cccc(CN2CCN(C(=O)c3coc(Br)c3)CC2)c1. The summed E-state index contributed by atoms with van der Waals surface area (Å²) in [5.41, 5.74) is 3.23. The molecular weight excluding hydrogens is 344 g/mol. The maximum atomic E-state index is 12.3. The van der Waals surface area contributed by atoms with Crippen molar-refractivity contribution in [1.82, 2.24) is 9.80 Å². The van der Waals surface area contributed by atoms with Crippen molar-refractivity contribution in [3.8, 4) is 0 Å². The highest BCUT2D eigenvalue weighted by Gasteiger charge is 2.23. The van der Waals surface area contributed by atoms with Crippen LogP contribution >= 0.6 is 15.9 Å². The van der Waals surface area contributed by atoms with Crippen LogP contribution in [0.2, 0.25) is 0 Å². The maximum Gasteiger partial charge on any atom is 0.257 e. The summed E-state index contributed by atoms with van der Waals surface area (Å²) in [5.74, 6) is 0.0460. The molecule has 2 heterocycles. The van der Waals surface area contributed by atoms with Crippen LogP contribution in [0.4, 0.5) is 0 Å². The summed E-state index contributed by atoms with van der Waals surface area (Å²) in [5, 5.41) is 0. The number of hydrogen-bond donors (Lipinski definition) is 0. The van der Waals surface area contributed by atoms with Gasteiger partial charge in [-0.1, -0.05) is 29.8 Å². The summed E-state index contributed by atoms with van der Waals surface area (Å²) in [6.45, 7) is 6.38. The molecule has 5 heteroatoms. The van der Waals surface area contributed by atoms with Gasteiger partial charge in [0.05, 0.1) is 5.56 Å². The third-order valence-electron chi connectivity index (χ3n) is 3.96. The average Bonchev–Trinajstić information content (AvgIpc) is 2.94. The van der Waals surface area contributed by atoms with E-state index in [1.807, 2.05) is 4.90 Å². The van der Waals surface area contributed by atoms with Gasteiger partial charge >= 0.3 is 0 Å². The monoisotopic (exact) mass is 362 g/mol. The van der Waals surface area contributed by atoms with Gasteiger partial charge in [0, 0.05) is 38.8 Å². The molecule has 1 fully saturated rings. The molecule has 1 aliphatic rings. The van der Waals surface area contributed by atoms with Gasteiger partial charge in [-0.2, -0.15) is 0 Å². The Bertz CT molecular complexity index is 660. The van der Waals surface area contributed by atoms with Crippen LogP contribution in [0.15, 0.2) is 45.7 Å². The number of aryl methyl sites for hydroxylation is 1. The molecule has 3 rings (SSSR count). The molecule has 0 radical (unpaired) electrons. The number of rotatable bonds is 3. The van der Waals surface area contributed by atoms with Crippen LogP contribution < -0.4 is 0 Å². The van der Waals surface area contributed by atoms with E-state index in [9.17, 15) is 4.79 Å². The van der Waals surface area contributed by atoms with E-state index in [4.69, 9.17) is 4.42 Å². The van der Waals surface area contributed by atoms with Crippen molar-refractivity contribution >= 4 is 21.8 Å². The Morgan fingerprint density at radius 3 is 2.64 bits per heavy atom. The van der Waals surface area contributed by atoms with Gasteiger partial charge in [-0.25, -0.2) is 0 Å². The van der Waals surface area contributed by atoms with Crippen molar-refractivity contribution in [2.75, 3.05) is 26.2 Å². The van der Waals surface area contributed by atoms with Gasteiger partial charge in [-0.15, -0.1) is 0 Å². The lowest BCUT2D eigenvalue weighted by Crippen LogP contribution is -2.48. The quantitative estimate of drug-likeness (QED) is 0.840. The molecule has 1 amide bonds. The second-order valence-electron chi connectivity index (χ2n) is 5.70. The van der Waals surface area contributed by atoms with Crippen LogP contribution in [-0.2, 0) is 6.54 Å². The van der Waals surface area contributed by atoms with E-state index in [-0.39, 0.29) is 5.91 Å². The Hall–Kier alpha value is -1.59. The largest absolute Gasteiger partial charge is 0.457 e. The zero-order chi connectivity index (χ0) is 15.5. The number of hydrogen-bond acceptors (Lipinski definition) is 3. The van der Waals surface area contributed by atoms with Crippen LogP contribution in [0.3, 0.4) is 0 Å². The molecule has 4 nitrogen and oxygen atoms in total. The van der Waals surface area contributed by atoms with Gasteiger partial charge in [0.25, 0.3) is 5.91 Å². The Kier molecular flexibility index (Phi) is 4.64. The predicted molar refractivity (Wildman–Crippen MR) is 88.8 cm³/mol. The number of carbonyl (C=O) groups is 1. The lowest BCUT2D eigenvalue weighted by molar-refractivity contribution is 0.0628. The van der Waals surface area contributed by atoms with Crippen molar-refractivity contribution in [3.63, 3.8) is 0 Å². The van der Waals surface area contributed by atoms with Crippen molar-refractivity contribution in [2.45, 2.75) is 13.5 Å². The van der Waals surface area contributed by atoms with Crippen molar-refractivity contribution < 1.29 is 9.21 Å². The minimum atomic E-state index is 0.0460. The fourth-order valence-electron chi connectivity index (χ4n) is 2.78. The van der Waals surface area contributed by atoms with E-state index in [0.717, 1.165) is 32.7 Å². The van der Waals surface area contributed by atoms with Gasteiger partial charge in [-0.05, 0) is 28.4 Å². The molecule has 116 valence electrons. The summed E-state index contributed by atoms with van der Waals surface area (Å²) in [7, 11) is 0. The fraction of sp³-hybridized carbons (Fsp3) is 0.353. The smallest absolute Gasteiger partial charge is 0.257 e. The number of benzene rings is 1. The predicted octanol–water partition coefficient (Wildman–Crippen LogP) is 3.31. The summed E-state index contributed by atoms with van der Waals surface area (Å²) in [4.78, 5) is 16.6. The van der Waals surface area contributed by atoms with Crippen molar-refractivity contribution in [2.24, 2.45) is 0 Å². The second-order valence-corrected chi connectivity index (χ2v) is 6.48. The highest BCUT2D eigenvalue weighted by molar-refractivity contribution is 9.10. The molecule has 0 atom stereocenters. The second kappa shape index (κ2) is 6.67. The average molecular weight is 363 g/mol. The molecule has 2 aromatic rings. The molecular formula is C17H19BrN2O2. The number of piperazine rings is 1. The molecule has 1 aromatic carbocycles. The molecule has 1 saturated heterocycles. The Balaban J connectivity index is 1.55. The zero-order valence-electron chi connectivity index (χ0n) is 12.6. The number of amides is 1. The first kappa shape index (κ1) is 15.3. The van der Waals surface area contributed by atoms with E-state index in [1.165, 1.54) is 17.4 Å². The summed E-state index contributed by atoms with van der Waals surface area (Å²) in [6.07, 6.45) is 1.51. The van der Waals surface area contributed by atoms with Crippen molar-refractivity contribution in [3.05, 3.63) is 58.0 Å². The normalized spacial score (nSPS) is 16.0. The van der Waals surface area contributed by atoms with E-state index < -0.39 is 0 Å². The molecule has 0 saturated carbocycles. The molecule has 22 heavy (non-hydrogen) atoms. The third kappa shape index (κ3) is 3.59. The highest BCUT2D eigenvalue weighted by atomic mass is 79.9. The van der Waals surface area contributed by atoms with Gasteiger partial charge in [-0.3, -0.25) is 9.69 Å². The number of halogens is 1. The number of nitrogens with zero attached hydrogens (tertiary/aromatic N) is 2. The van der Waals surface area contributed by atoms with Gasteiger partial charge in [0.15, 0.2) is 4.67 Å². The first-order valence-electron chi connectivity index (χ1n) is 7.43. The minimum absolute atomic E-state index is 0.0460.